The topological polar surface area (TPSA) is 24.5 Å². The van der Waals surface area contributed by atoms with Crippen molar-refractivity contribution in [1.29, 1.82) is 0 Å². The lowest BCUT2D eigenvalue weighted by molar-refractivity contribution is 0.415. The van der Waals surface area contributed by atoms with Gasteiger partial charge in [0.15, 0.2) is 0 Å². The zero-order valence-corrected chi connectivity index (χ0v) is 10.4. The molecule has 2 rings (SSSR count). The van der Waals surface area contributed by atoms with Crippen molar-refractivity contribution < 1.29 is 4.74 Å². The van der Waals surface area contributed by atoms with Crippen molar-refractivity contribution in [3.63, 3.8) is 0 Å². The van der Waals surface area contributed by atoms with Gasteiger partial charge >= 0.3 is 0 Å². The van der Waals surface area contributed by atoms with Crippen molar-refractivity contribution in [1.82, 2.24) is 5.32 Å². The van der Waals surface area contributed by atoms with E-state index in [2.05, 4.69) is 23.2 Å². The van der Waals surface area contributed by atoms with E-state index in [0.717, 1.165) is 25.4 Å². The molecule has 1 saturated heterocycles. The Bertz CT molecular complexity index is 370. The SMILES string of the molecule is COc1ccc(N2CCN[C@@H](C)C2)cc1Cl. The number of benzene rings is 1. The maximum atomic E-state index is 6.12. The van der Waals surface area contributed by atoms with Gasteiger partial charge in [-0.3, -0.25) is 0 Å². The van der Waals surface area contributed by atoms with Gasteiger partial charge in [-0.05, 0) is 25.1 Å². The van der Waals surface area contributed by atoms with Crippen LogP contribution in [0.5, 0.6) is 5.75 Å². The normalized spacial score (nSPS) is 20.9. The molecule has 0 unspecified atom stereocenters. The minimum absolute atomic E-state index is 0.523. The second kappa shape index (κ2) is 4.93. The first kappa shape index (κ1) is 11.6. The summed E-state index contributed by atoms with van der Waals surface area (Å²) in [4.78, 5) is 2.34. The van der Waals surface area contributed by atoms with E-state index in [4.69, 9.17) is 16.3 Å². The molecule has 0 bridgehead atoms. The molecule has 0 aliphatic carbocycles. The fourth-order valence-electron chi connectivity index (χ4n) is 2.02. The number of piperazine rings is 1. The lowest BCUT2D eigenvalue weighted by atomic mass is 10.2. The van der Waals surface area contributed by atoms with Crippen LogP contribution in [0.15, 0.2) is 18.2 Å². The van der Waals surface area contributed by atoms with E-state index in [-0.39, 0.29) is 0 Å². The van der Waals surface area contributed by atoms with Crippen molar-refractivity contribution in [2.24, 2.45) is 0 Å². The van der Waals surface area contributed by atoms with Gasteiger partial charge in [-0.2, -0.15) is 0 Å². The van der Waals surface area contributed by atoms with E-state index in [1.54, 1.807) is 7.11 Å². The van der Waals surface area contributed by atoms with Gasteiger partial charge < -0.3 is 15.0 Å². The van der Waals surface area contributed by atoms with Crippen molar-refractivity contribution in [2.45, 2.75) is 13.0 Å². The number of rotatable bonds is 2. The Labute approximate surface area is 101 Å². The molecule has 1 aliphatic rings. The summed E-state index contributed by atoms with van der Waals surface area (Å²) in [5.74, 6) is 0.730. The van der Waals surface area contributed by atoms with Crippen molar-refractivity contribution in [3.8, 4) is 5.75 Å². The lowest BCUT2D eigenvalue weighted by Gasteiger charge is -2.33. The third kappa shape index (κ3) is 2.42. The number of methoxy groups -OCH3 is 1. The number of nitrogens with one attached hydrogen (secondary N) is 1. The first-order chi connectivity index (χ1) is 7.70. The Kier molecular flexibility index (Phi) is 3.56. The Morgan fingerprint density at radius 3 is 2.94 bits per heavy atom. The van der Waals surface area contributed by atoms with Crippen molar-refractivity contribution in [3.05, 3.63) is 23.2 Å². The van der Waals surface area contributed by atoms with Crippen LogP contribution in [0.4, 0.5) is 5.69 Å². The standard InChI is InChI=1S/C12H17ClN2O/c1-9-8-15(6-5-14-9)10-3-4-12(16-2)11(13)7-10/h3-4,7,9,14H,5-6,8H2,1-2H3/t9-/m0/s1. The van der Waals surface area contributed by atoms with Crippen LogP contribution in [0.25, 0.3) is 0 Å². The molecule has 0 saturated carbocycles. The second-order valence-corrected chi connectivity index (χ2v) is 4.53. The first-order valence-electron chi connectivity index (χ1n) is 5.52. The van der Waals surface area contributed by atoms with Crippen molar-refractivity contribution >= 4 is 17.3 Å². The smallest absolute Gasteiger partial charge is 0.137 e. The Morgan fingerprint density at radius 1 is 1.50 bits per heavy atom. The molecule has 0 amide bonds. The molecule has 88 valence electrons. The van der Waals surface area contributed by atoms with Gasteiger partial charge in [0, 0.05) is 31.4 Å². The summed E-state index contributed by atoms with van der Waals surface area (Å²) in [6.45, 7) is 5.25. The van der Waals surface area contributed by atoms with E-state index < -0.39 is 0 Å². The van der Waals surface area contributed by atoms with Gasteiger partial charge in [-0.15, -0.1) is 0 Å². The summed E-state index contributed by atoms with van der Waals surface area (Å²) < 4.78 is 5.15. The molecule has 0 radical (unpaired) electrons. The fourth-order valence-corrected chi connectivity index (χ4v) is 2.27. The molecule has 16 heavy (non-hydrogen) atoms. The first-order valence-corrected chi connectivity index (χ1v) is 5.90. The predicted octanol–water partition coefficient (Wildman–Crippen LogP) is 2.15. The van der Waals surface area contributed by atoms with Gasteiger partial charge in [0.05, 0.1) is 12.1 Å². The highest BCUT2D eigenvalue weighted by Crippen LogP contribution is 2.29. The number of ether oxygens (including phenoxy) is 1. The van der Waals surface area contributed by atoms with Crippen LogP contribution >= 0.6 is 11.6 Å². The predicted molar refractivity (Wildman–Crippen MR) is 67.7 cm³/mol. The summed E-state index contributed by atoms with van der Waals surface area (Å²) >= 11 is 6.12. The average Bonchev–Trinajstić information content (AvgIpc) is 2.29. The zero-order valence-electron chi connectivity index (χ0n) is 9.66. The Hall–Kier alpha value is -0.930. The highest BCUT2D eigenvalue weighted by Gasteiger charge is 2.16. The van der Waals surface area contributed by atoms with Crippen LogP contribution in [-0.2, 0) is 0 Å². The fraction of sp³-hybridized carbons (Fsp3) is 0.500. The van der Waals surface area contributed by atoms with Gasteiger partial charge in [0.25, 0.3) is 0 Å². The van der Waals surface area contributed by atoms with Crippen LogP contribution in [0.3, 0.4) is 0 Å². The quantitative estimate of drug-likeness (QED) is 0.857. The minimum Gasteiger partial charge on any atom is -0.495 e. The molecule has 0 spiro atoms. The maximum absolute atomic E-state index is 6.12. The molecule has 1 atom stereocenters. The molecular formula is C12H17ClN2O. The van der Waals surface area contributed by atoms with Crippen LogP contribution in [0.2, 0.25) is 5.02 Å². The maximum Gasteiger partial charge on any atom is 0.137 e. The second-order valence-electron chi connectivity index (χ2n) is 4.12. The van der Waals surface area contributed by atoms with E-state index in [9.17, 15) is 0 Å². The van der Waals surface area contributed by atoms with Crippen LogP contribution < -0.4 is 15.0 Å². The summed E-state index contributed by atoms with van der Waals surface area (Å²) in [5, 5.41) is 4.09. The van der Waals surface area contributed by atoms with Gasteiger partial charge in [-0.1, -0.05) is 11.6 Å². The van der Waals surface area contributed by atoms with Crippen molar-refractivity contribution in [2.75, 3.05) is 31.6 Å². The minimum atomic E-state index is 0.523. The lowest BCUT2D eigenvalue weighted by Crippen LogP contribution is -2.49. The van der Waals surface area contributed by atoms with Gasteiger partial charge in [-0.25, -0.2) is 0 Å². The van der Waals surface area contributed by atoms with Crippen LogP contribution in [0, 0.1) is 0 Å². The summed E-state index contributed by atoms with van der Waals surface area (Å²) in [5.41, 5.74) is 1.17. The molecule has 1 aromatic rings. The highest BCUT2D eigenvalue weighted by atomic mass is 35.5. The zero-order chi connectivity index (χ0) is 11.5. The number of nitrogens with zero attached hydrogens (tertiary/aromatic N) is 1. The Balaban J connectivity index is 2.17. The number of hydrogen-bond donors (Lipinski definition) is 1. The number of hydrogen-bond acceptors (Lipinski definition) is 3. The molecule has 1 N–H and O–H groups in total. The van der Waals surface area contributed by atoms with Gasteiger partial charge in [0.2, 0.25) is 0 Å². The summed E-state index contributed by atoms with van der Waals surface area (Å²) in [6, 6.07) is 6.47. The summed E-state index contributed by atoms with van der Waals surface area (Å²) in [7, 11) is 1.63. The molecule has 3 nitrogen and oxygen atoms in total. The highest BCUT2D eigenvalue weighted by molar-refractivity contribution is 6.32. The molecule has 1 fully saturated rings. The Morgan fingerprint density at radius 2 is 2.31 bits per heavy atom. The average molecular weight is 241 g/mol. The van der Waals surface area contributed by atoms with E-state index in [1.165, 1.54) is 5.69 Å². The van der Waals surface area contributed by atoms with E-state index in [0.29, 0.717) is 11.1 Å². The molecule has 1 aromatic carbocycles. The van der Waals surface area contributed by atoms with E-state index in [1.807, 2.05) is 12.1 Å². The number of halogens is 1. The van der Waals surface area contributed by atoms with Crippen LogP contribution in [-0.4, -0.2) is 32.8 Å². The van der Waals surface area contributed by atoms with E-state index >= 15 is 0 Å². The van der Waals surface area contributed by atoms with Gasteiger partial charge in [0.1, 0.15) is 5.75 Å². The largest absolute Gasteiger partial charge is 0.495 e. The molecule has 1 heterocycles. The third-order valence-corrected chi connectivity index (χ3v) is 3.16. The summed E-state index contributed by atoms with van der Waals surface area (Å²) in [6.07, 6.45) is 0. The third-order valence-electron chi connectivity index (χ3n) is 2.87. The molecule has 4 heteroatoms. The van der Waals surface area contributed by atoms with Crippen LogP contribution in [0.1, 0.15) is 6.92 Å². The monoisotopic (exact) mass is 240 g/mol. The molecule has 1 aliphatic heterocycles. The molecule has 0 aromatic heterocycles. The number of anilines is 1. The molecular weight excluding hydrogens is 224 g/mol.